The largest absolute Gasteiger partial charge is 0.385 e. The molecule has 0 fully saturated rings. The number of amides is 1. The fourth-order valence-corrected chi connectivity index (χ4v) is 2.02. The highest BCUT2D eigenvalue weighted by Gasteiger charge is 2.26. The van der Waals surface area contributed by atoms with Gasteiger partial charge in [-0.05, 0) is 44.9 Å². The Morgan fingerprint density at radius 1 is 1.35 bits per heavy atom. The molecule has 0 unspecified atom stereocenters. The lowest BCUT2D eigenvalue weighted by Crippen LogP contribution is -2.45. The number of carbonyl (C=O) groups is 1. The lowest BCUT2D eigenvalue weighted by molar-refractivity contribution is -0.137. The van der Waals surface area contributed by atoms with Gasteiger partial charge in [0.1, 0.15) is 5.82 Å². The molecule has 0 spiro atoms. The Morgan fingerprint density at radius 2 is 2.05 bits per heavy atom. The third-order valence-corrected chi connectivity index (χ3v) is 3.08. The van der Waals surface area contributed by atoms with Crippen molar-refractivity contribution >= 4 is 5.91 Å². The van der Waals surface area contributed by atoms with Crippen molar-refractivity contribution in [2.24, 2.45) is 0 Å². The normalized spacial score (nSPS) is 11.4. The number of hydrogen-bond donors (Lipinski definition) is 0. The predicted octanol–water partition coefficient (Wildman–Crippen LogP) is 3.38. The number of nitrogens with zero attached hydrogens (tertiary/aromatic N) is 1. The fraction of sp³-hybridized carbons (Fsp3) is 0.562. The summed E-state index contributed by atoms with van der Waals surface area (Å²) in [5.74, 6) is -0.206. The van der Waals surface area contributed by atoms with Crippen LogP contribution in [0.4, 0.5) is 4.39 Å². The zero-order valence-corrected chi connectivity index (χ0v) is 12.8. The monoisotopic (exact) mass is 281 g/mol. The number of methoxy groups -OCH3 is 1. The van der Waals surface area contributed by atoms with Crippen molar-refractivity contribution in [2.75, 3.05) is 13.7 Å². The molecular weight excluding hydrogens is 257 g/mol. The summed E-state index contributed by atoms with van der Waals surface area (Å²) in [4.78, 5) is 14.1. The lowest BCUT2D eigenvalue weighted by atomic mass is 10.0. The molecule has 0 radical (unpaired) electrons. The molecule has 3 nitrogen and oxygen atoms in total. The van der Waals surface area contributed by atoms with Crippen LogP contribution in [0.3, 0.4) is 0 Å². The predicted molar refractivity (Wildman–Crippen MR) is 77.8 cm³/mol. The van der Waals surface area contributed by atoms with E-state index in [4.69, 9.17) is 4.74 Å². The average Bonchev–Trinajstić information content (AvgIpc) is 2.35. The summed E-state index contributed by atoms with van der Waals surface area (Å²) in [6.45, 7) is 6.96. The zero-order valence-electron chi connectivity index (χ0n) is 12.8. The number of halogens is 1. The molecule has 1 aromatic carbocycles. The van der Waals surface area contributed by atoms with Crippen molar-refractivity contribution in [2.45, 2.75) is 45.7 Å². The zero-order chi connectivity index (χ0) is 15.2. The molecular formula is C16H24FNO2. The molecule has 0 N–H and O–H groups in total. The van der Waals surface area contributed by atoms with Crippen LogP contribution in [0.1, 0.15) is 39.2 Å². The molecule has 0 aliphatic rings. The molecule has 0 saturated heterocycles. The van der Waals surface area contributed by atoms with Gasteiger partial charge < -0.3 is 9.64 Å². The first kappa shape index (κ1) is 16.6. The van der Waals surface area contributed by atoms with Crippen LogP contribution in [0.25, 0.3) is 0 Å². The highest BCUT2D eigenvalue weighted by atomic mass is 19.1. The third kappa shape index (κ3) is 5.29. The summed E-state index contributed by atoms with van der Waals surface area (Å²) in [7, 11) is 1.62. The maximum absolute atomic E-state index is 13.2. The number of rotatable bonds is 6. The lowest BCUT2D eigenvalue weighted by Gasteiger charge is -2.36. The van der Waals surface area contributed by atoms with Gasteiger partial charge in [0.05, 0.1) is 0 Å². The van der Waals surface area contributed by atoms with Crippen molar-refractivity contribution in [3.05, 3.63) is 35.6 Å². The van der Waals surface area contributed by atoms with Crippen LogP contribution in [-0.2, 0) is 16.1 Å². The second kappa shape index (κ2) is 7.39. The molecule has 1 aromatic rings. The Bertz CT molecular complexity index is 440. The molecule has 4 heteroatoms. The minimum absolute atomic E-state index is 0.0683. The molecule has 1 rings (SSSR count). The molecule has 0 aromatic heterocycles. The van der Waals surface area contributed by atoms with Crippen LogP contribution in [0.15, 0.2) is 24.3 Å². The Labute approximate surface area is 120 Å². The Hall–Kier alpha value is -1.42. The summed E-state index contributed by atoms with van der Waals surface area (Å²) < 4.78 is 18.2. The van der Waals surface area contributed by atoms with Crippen molar-refractivity contribution < 1.29 is 13.9 Å². The van der Waals surface area contributed by atoms with E-state index in [1.807, 2.05) is 26.8 Å². The summed E-state index contributed by atoms with van der Waals surface area (Å²) in [5.41, 5.74) is 0.510. The Kier molecular flexibility index (Phi) is 6.14. The number of benzene rings is 1. The van der Waals surface area contributed by atoms with Gasteiger partial charge in [-0.15, -0.1) is 0 Å². The SMILES string of the molecule is COCCCC(=O)N(Cc1cccc(F)c1)C(C)(C)C. The second-order valence-electron chi connectivity index (χ2n) is 5.88. The standard InChI is InChI=1S/C16H24FNO2/c1-16(2,3)18(15(19)9-6-10-20-4)12-13-7-5-8-14(17)11-13/h5,7-8,11H,6,9-10,12H2,1-4H3. The number of carbonyl (C=O) groups excluding carboxylic acids is 1. The van der Waals surface area contributed by atoms with E-state index in [9.17, 15) is 9.18 Å². The van der Waals surface area contributed by atoms with E-state index < -0.39 is 0 Å². The van der Waals surface area contributed by atoms with E-state index in [0.717, 1.165) is 5.56 Å². The minimum atomic E-state index is -0.295. The average molecular weight is 281 g/mol. The number of hydrogen-bond acceptors (Lipinski definition) is 2. The van der Waals surface area contributed by atoms with Crippen LogP contribution >= 0.6 is 0 Å². The maximum Gasteiger partial charge on any atom is 0.223 e. The molecule has 0 heterocycles. The van der Waals surface area contributed by atoms with Gasteiger partial charge in [0.25, 0.3) is 0 Å². The van der Waals surface area contributed by atoms with Crippen LogP contribution in [0, 0.1) is 5.82 Å². The van der Waals surface area contributed by atoms with Crippen molar-refractivity contribution in [1.82, 2.24) is 4.90 Å². The third-order valence-electron chi connectivity index (χ3n) is 3.08. The summed E-state index contributed by atoms with van der Waals surface area (Å²) in [5, 5.41) is 0. The molecule has 20 heavy (non-hydrogen) atoms. The first-order chi connectivity index (χ1) is 9.34. The molecule has 0 atom stereocenters. The first-order valence-electron chi connectivity index (χ1n) is 6.88. The van der Waals surface area contributed by atoms with E-state index in [1.54, 1.807) is 18.1 Å². The number of ether oxygens (including phenoxy) is 1. The van der Waals surface area contributed by atoms with Crippen LogP contribution in [-0.4, -0.2) is 30.1 Å². The van der Waals surface area contributed by atoms with Gasteiger partial charge in [0.2, 0.25) is 5.91 Å². The molecule has 112 valence electrons. The van der Waals surface area contributed by atoms with Crippen LogP contribution in [0.2, 0.25) is 0 Å². The van der Waals surface area contributed by atoms with Crippen molar-refractivity contribution in [1.29, 1.82) is 0 Å². The van der Waals surface area contributed by atoms with Crippen LogP contribution in [0.5, 0.6) is 0 Å². The Morgan fingerprint density at radius 3 is 2.60 bits per heavy atom. The van der Waals surface area contributed by atoms with E-state index >= 15 is 0 Å². The van der Waals surface area contributed by atoms with E-state index in [0.29, 0.717) is 26.0 Å². The molecule has 0 saturated carbocycles. The van der Waals surface area contributed by atoms with Gasteiger partial charge in [-0.2, -0.15) is 0 Å². The summed E-state index contributed by atoms with van der Waals surface area (Å²) in [6.07, 6.45) is 1.14. The van der Waals surface area contributed by atoms with Crippen molar-refractivity contribution in [3.63, 3.8) is 0 Å². The van der Waals surface area contributed by atoms with E-state index in [2.05, 4.69) is 0 Å². The quantitative estimate of drug-likeness (QED) is 0.748. The van der Waals surface area contributed by atoms with Gasteiger partial charge in [-0.1, -0.05) is 12.1 Å². The summed E-state index contributed by atoms with van der Waals surface area (Å²) in [6, 6.07) is 6.39. The smallest absolute Gasteiger partial charge is 0.223 e. The van der Waals surface area contributed by atoms with Crippen LogP contribution < -0.4 is 0 Å². The van der Waals surface area contributed by atoms with Gasteiger partial charge in [0.15, 0.2) is 0 Å². The highest BCUT2D eigenvalue weighted by Crippen LogP contribution is 2.19. The highest BCUT2D eigenvalue weighted by molar-refractivity contribution is 5.76. The van der Waals surface area contributed by atoms with Gasteiger partial charge in [-0.3, -0.25) is 4.79 Å². The maximum atomic E-state index is 13.2. The van der Waals surface area contributed by atoms with Gasteiger partial charge in [-0.25, -0.2) is 4.39 Å². The minimum Gasteiger partial charge on any atom is -0.385 e. The van der Waals surface area contributed by atoms with Crippen molar-refractivity contribution in [3.8, 4) is 0 Å². The summed E-state index contributed by atoms with van der Waals surface area (Å²) >= 11 is 0. The molecule has 1 amide bonds. The van der Waals surface area contributed by atoms with E-state index in [-0.39, 0.29) is 17.3 Å². The van der Waals surface area contributed by atoms with Gasteiger partial charge >= 0.3 is 0 Å². The van der Waals surface area contributed by atoms with E-state index in [1.165, 1.54) is 12.1 Å². The topological polar surface area (TPSA) is 29.5 Å². The first-order valence-corrected chi connectivity index (χ1v) is 6.88. The Balaban J connectivity index is 2.77. The molecule has 0 aliphatic carbocycles. The molecule has 0 aliphatic heterocycles. The van der Waals surface area contributed by atoms with Gasteiger partial charge in [0, 0.05) is 32.2 Å². The molecule has 0 bridgehead atoms. The second-order valence-corrected chi connectivity index (χ2v) is 5.88. The fourth-order valence-electron chi connectivity index (χ4n) is 2.02.